The maximum absolute atomic E-state index is 12.7. The van der Waals surface area contributed by atoms with E-state index < -0.39 is 28.3 Å². The monoisotopic (exact) mass is 283 g/mol. The molecule has 2 aliphatic rings. The molecule has 8 heteroatoms. The van der Waals surface area contributed by atoms with Gasteiger partial charge < -0.3 is 0 Å². The summed E-state index contributed by atoms with van der Waals surface area (Å²) in [6.07, 6.45) is 0.984. The number of urea groups is 1. The second-order valence-corrected chi connectivity index (χ2v) is 6.36. The van der Waals surface area contributed by atoms with E-state index >= 15 is 0 Å². The Bertz CT molecular complexity index is 784. The summed E-state index contributed by atoms with van der Waals surface area (Å²) in [6.45, 7) is -0.727. The number of carbonyl (C=O) groups is 1. The van der Waals surface area contributed by atoms with Gasteiger partial charge in [-0.2, -0.15) is 9.98 Å². The van der Waals surface area contributed by atoms with E-state index in [1.807, 2.05) is 0 Å². The molecule has 0 bridgehead atoms. The van der Waals surface area contributed by atoms with E-state index in [2.05, 4.69) is 14.7 Å². The zero-order valence-electron chi connectivity index (χ0n) is 9.76. The van der Waals surface area contributed by atoms with Gasteiger partial charge in [-0.15, -0.1) is 0 Å². The second-order valence-electron chi connectivity index (χ2n) is 4.68. The fourth-order valence-corrected chi connectivity index (χ4v) is 3.30. The van der Waals surface area contributed by atoms with E-state index in [1.165, 1.54) is 18.2 Å². The van der Waals surface area contributed by atoms with Gasteiger partial charge in [0, 0.05) is 0 Å². The van der Waals surface area contributed by atoms with Crippen LogP contribution in [0.2, 0.25) is 0 Å². The van der Waals surface area contributed by atoms with Crippen molar-refractivity contribution in [3.8, 4) is 0 Å². The highest BCUT2D eigenvalue weighted by atomic mass is 32.2. The van der Waals surface area contributed by atoms with Crippen molar-refractivity contribution in [1.82, 2.24) is 4.72 Å². The molecule has 1 aromatic rings. The zero-order valence-corrected chi connectivity index (χ0v) is 10.6. The Hall–Kier alpha value is -1.67. The van der Waals surface area contributed by atoms with Crippen LogP contribution in [0.1, 0.15) is 12.8 Å². The summed E-state index contributed by atoms with van der Waals surface area (Å²) in [6, 6.07) is 3.35. The van der Waals surface area contributed by atoms with Crippen molar-refractivity contribution in [3.63, 3.8) is 0 Å². The predicted octanol–water partition coefficient (Wildman–Crippen LogP) is -0.160. The lowest BCUT2D eigenvalue weighted by Crippen LogP contribution is -2.39. The highest BCUT2D eigenvalue weighted by molar-refractivity contribution is 7.89. The smallest absolute Gasteiger partial charge is 0.249 e. The number of hydrogen-bond acceptors (Lipinski definition) is 3. The molecule has 2 amide bonds. The summed E-state index contributed by atoms with van der Waals surface area (Å²) in [5, 5.41) is 0.563. The molecule has 1 aliphatic carbocycles. The quantitative estimate of drug-likeness (QED) is 0.832. The molecule has 3 rings (SSSR count). The van der Waals surface area contributed by atoms with E-state index in [-0.39, 0.29) is 10.3 Å². The molecule has 0 spiro atoms. The number of fused-ring (bicyclic) bond motifs is 1. The first-order valence-corrected chi connectivity index (χ1v) is 7.14. The van der Waals surface area contributed by atoms with Crippen molar-refractivity contribution in [2.24, 2.45) is 9.98 Å². The largest absolute Gasteiger partial charge is 0.368 e. The Morgan fingerprint density at radius 1 is 1.26 bits per heavy atom. The van der Waals surface area contributed by atoms with Crippen LogP contribution < -0.4 is 15.4 Å². The molecule has 0 saturated heterocycles. The maximum Gasteiger partial charge on any atom is 0.368 e. The minimum atomic E-state index is -3.81. The van der Waals surface area contributed by atoms with Crippen LogP contribution in [-0.2, 0) is 10.0 Å². The van der Waals surface area contributed by atoms with Gasteiger partial charge >= 0.3 is 6.03 Å². The average molecular weight is 283 g/mol. The van der Waals surface area contributed by atoms with Gasteiger partial charge in [-0.1, -0.05) is 0 Å². The van der Waals surface area contributed by atoms with Crippen LogP contribution in [0, 0.1) is 0 Å². The number of rotatable bonds is 4. The summed E-state index contributed by atoms with van der Waals surface area (Å²) >= 11 is 0. The number of hydrogen-bond donors (Lipinski definition) is 1. The lowest BCUT2D eigenvalue weighted by Gasteiger charge is -2.13. The highest BCUT2D eigenvalue weighted by Crippen LogP contribution is 2.37. The molecule has 0 unspecified atom stereocenters. The molecular formula is C11H10FN3O3S. The third-order valence-electron chi connectivity index (χ3n) is 3.15. The van der Waals surface area contributed by atoms with Crippen molar-refractivity contribution in [1.29, 1.82) is 0 Å². The number of benzene rings is 1. The summed E-state index contributed by atoms with van der Waals surface area (Å²) in [4.78, 5) is 18.1. The fourth-order valence-electron chi connectivity index (χ4n) is 1.84. The third kappa shape index (κ3) is 2.17. The molecule has 1 heterocycles. The number of carbonyl (C=O) groups excluding carboxylic acids is 1. The van der Waals surface area contributed by atoms with Crippen LogP contribution >= 0.6 is 0 Å². The van der Waals surface area contributed by atoms with Gasteiger partial charge in [0.05, 0.1) is 21.1 Å². The van der Waals surface area contributed by atoms with Gasteiger partial charge in [0.1, 0.15) is 6.67 Å². The van der Waals surface area contributed by atoms with Crippen molar-refractivity contribution in [2.75, 3.05) is 6.67 Å². The molecular weight excluding hydrogens is 273 g/mol. The van der Waals surface area contributed by atoms with E-state index in [9.17, 15) is 17.6 Å². The first kappa shape index (κ1) is 12.4. The van der Waals surface area contributed by atoms with Crippen molar-refractivity contribution >= 4 is 16.1 Å². The van der Waals surface area contributed by atoms with Gasteiger partial charge in [-0.3, -0.25) is 0 Å². The average Bonchev–Trinajstić information content (AvgIpc) is 3.00. The highest BCUT2D eigenvalue weighted by Gasteiger charge is 2.46. The van der Waals surface area contributed by atoms with Crippen LogP contribution in [0.5, 0.6) is 0 Å². The summed E-state index contributed by atoms with van der Waals surface area (Å²) in [5.74, 6) is 0. The molecule has 1 aliphatic heterocycles. The Morgan fingerprint density at radius 2 is 1.95 bits per heavy atom. The summed E-state index contributed by atoms with van der Waals surface area (Å²) in [7, 11) is -3.81. The molecule has 6 nitrogen and oxygen atoms in total. The van der Waals surface area contributed by atoms with Crippen LogP contribution in [0.25, 0.3) is 0 Å². The summed E-state index contributed by atoms with van der Waals surface area (Å²) < 4.78 is 39.3. The zero-order chi connectivity index (χ0) is 13.7. The maximum atomic E-state index is 12.7. The predicted molar refractivity (Wildman–Crippen MR) is 62.4 cm³/mol. The molecule has 0 radical (unpaired) electrons. The molecule has 1 N–H and O–H groups in total. The molecule has 19 heavy (non-hydrogen) atoms. The molecule has 0 aromatic heterocycles. The molecule has 100 valence electrons. The van der Waals surface area contributed by atoms with Gasteiger partial charge in [0.2, 0.25) is 10.0 Å². The number of nitrogens with zero attached hydrogens (tertiary/aromatic N) is 2. The topological polar surface area (TPSA) is 88.0 Å². The first-order valence-electron chi connectivity index (χ1n) is 5.66. The van der Waals surface area contributed by atoms with Crippen LogP contribution in [0.4, 0.5) is 9.18 Å². The van der Waals surface area contributed by atoms with Crippen molar-refractivity contribution < 1.29 is 17.6 Å². The molecule has 1 saturated carbocycles. The molecule has 0 atom stereocenters. The standard InChI is InChI=1S/C11H10FN3O3S/c12-6-11(3-4-11)15-19(17,18)7-1-2-8-9(5-7)14-10(16)13-8/h1-2,5,15H,3-4,6H2. The van der Waals surface area contributed by atoms with Gasteiger partial charge in [0.15, 0.2) is 0 Å². The summed E-state index contributed by atoms with van der Waals surface area (Å²) in [5.41, 5.74) is -0.949. The number of sulfonamides is 1. The normalized spacial score (nSPS) is 19.5. The van der Waals surface area contributed by atoms with Crippen LogP contribution in [0.15, 0.2) is 33.1 Å². The minimum absolute atomic E-state index is 0.0420. The Morgan fingerprint density at radius 3 is 2.58 bits per heavy atom. The lowest BCUT2D eigenvalue weighted by atomic mass is 10.3. The Balaban J connectivity index is 2.00. The Labute approximate surface area is 108 Å². The third-order valence-corrected chi connectivity index (χ3v) is 4.73. The number of alkyl halides is 1. The van der Waals surface area contributed by atoms with Gasteiger partial charge in [-0.25, -0.2) is 22.3 Å². The molecule has 1 aromatic carbocycles. The van der Waals surface area contributed by atoms with Gasteiger partial charge in [0.25, 0.3) is 0 Å². The van der Waals surface area contributed by atoms with Crippen LogP contribution in [-0.4, -0.2) is 26.7 Å². The van der Waals surface area contributed by atoms with Crippen LogP contribution in [0.3, 0.4) is 0 Å². The Kier molecular flexibility index (Phi) is 2.55. The fraction of sp³-hybridized carbons (Fsp3) is 0.364. The van der Waals surface area contributed by atoms with E-state index in [4.69, 9.17) is 0 Å². The second kappa shape index (κ2) is 3.91. The first-order chi connectivity index (χ1) is 8.94. The van der Waals surface area contributed by atoms with Crippen molar-refractivity contribution in [2.45, 2.75) is 23.3 Å². The van der Waals surface area contributed by atoms with E-state index in [1.54, 1.807) is 0 Å². The lowest BCUT2D eigenvalue weighted by molar-refractivity contribution is 0.256. The SMILES string of the molecule is O=C1N=c2ccc(S(=O)(=O)NC3(CF)CC3)cc2=N1. The van der Waals surface area contributed by atoms with Gasteiger partial charge in [-0.05, 0) is 31.0 Å². The number of nitrogens with one attached hydrogen (secondary N) is 1. The van der Waals surface area contributed by atoms with E-state index in [0.717, 1.165) is 0 Å². The number of halogens is 1. The van der Waals surface area contributed by atoms with E-state index in [0.29, 0.717) is 18.2 Å². The number of amides is 2. The molecule has 1 fully saturated rings. The minimum Gasteiger partial charge on any atom is -0.249 e. The van der Waals surface area contributed by atoms with Crippen molar-refractivity contribution in [3.05, 3.63) is 28.9 Å².